The maximum Gasteiger partial charge on any atom is 0.416 e. The molecule has 0 radical (unpaired) electrons. The van der Waals surface area contributed by atoms with Crippen LogP contribution in [0.1, 0.15) is 23.7 Å². The predicted molar refractivity (Wildman–Crippen MR) is 112 cm³/mol. The third-order valence-corrected chi connectivity index (χ3v) is 5.59. The summed E-state index contributed by atoms with van der Waals surface area (Å²) in [5.41, 5.74) is 5.41. The number of halogens is 3. The molecule has 1 N–H and O–H groups in total. The van der Waals surface area contributed by atoms with Crippen LogP contribution in [0.4, 0.5) is 19.0 Å². The van der Waals surface area contributed by atoms with Crippen LogP contribution in [-0.4, -0.2) is 42.5 Å². The van der Waals surface area contributed by atoms with Crippen molar-refractivity contribution in [1.82, 2.24) is 15.4 Å². The van der Waals surface area contributed by atoms with E-state index >= 15 is 0 Å². The number of hydrogen-bond donors (Lipinski definition) is 1. The van der Waals surface area contributed by atoms with Crippen molar-refractivity contribution in [1.29, 1.82) is 0 Å². The van der Waals surface area contributed by atoms with Crippen LogP contribution < -0.4 is 10.3 Å². The quantitative estimate of drug-likeness (QED) is 0.680. The molecule has 2 aliphatic heterocycles. The highest BCUT2D eigenvalue weighted by molar-refractivity contribution is 5.97. The van der Waals surface area contributed by atoms with E-state index in [1.54, 1.807) is 12.4 Å². The number of hydrogen-bond acceptors (Lipinski definition) is 6. The summed E-state index contributed by atoms with van der Waals surface area (Å²) in [4.78, 5) is 11.6. The molecular weight excluding hydrogens is 407 g/mol. The Labute approximate surface area is 176 Å². The van der Waals surface area contributed by atoms with Gasteiger partial charge in [-0.2, -0.15) is 18.3 Å². The minimum absolute atomic E-state index is 0.0865. The van der Waals surface area contributed by atoms with Gasteiger partial charge in [0.25, 0.3) is 0 Å². The Hall–Kier alpha value is -3.20. The number of alkyl halides is 3. The second-order valence-corrected chi connectivity index (χ2v) is 7.52. The monoisotopic (exact) mass is 427 g/mol. The molecule has 0 amide bonds. The van der Waals surface area contributed by atoms with Gasteiger partial charge in [-0.1, -0.05) is 12.1 Å². The molecule has 3 aromatic rings. The first kappa shape index (κ1) is 19.7. The van der Waals surface area contributed by atoms with Crippen LogP contribution >= 0.6 is 0 Å². The number of ether oxygens (including phenoxy) is 1. The van der Waals surface area contributed by atoms with E-state index < -0.39 is 11.7 Å². The summed E-state index contributed by atoms with van der Waals surface area (Å²) in [6, 6.07) is 8.97. The fraction of sp³-hybridized carbons (Fsp3) is 0.318. The van der Waals surface area contributed by atoms with Crippen molar-refractivity contribution >= 4 is 22.9 Å². The van der Waals surface area contributed by atoms with Crippen molar-refractivity contribution in [2.75, 3.05) is 31.2 Å². The first-order chi connectivity index (χ1) is 15.0. The Morgan fingerprint density at radius 3 is 2.52 bits per heavy atom. The van der Waals surface area contributed by atoms with Crippen LogP contribution in [0, 0.1) is 0 Å². The maximum absolute atomic E-state index is 13.1. The van der Waals surface area contributed by atoms with Crippen LogP contribution in [0.3, 0.4) is 0 Å². The van der Waals surface area contributed by atoms with Gasteiger partial charge in [-0.25, -0.2) is 4.98 Å². The van der Waals surface area contributed by atoms with Crippen LogP contribution in [0.2, 0.25) is 0 Å². The molecule has 2 aromatic heterocycles. The van der Waals surface area contributed by atoms with Crippen molar-refractivity contribution in [3.8, 4) is 11.1 Å². The Bertz CT molecular complexity index is 1120. The molecule has 6 nitrogen and oxygen atoms in total. The van der Waals surface area contributed by atoms with Gasteiger partial charge in [-0.05, 0) is 35.4 Å². The molecule has 31 heavy (non-hydrogen) atoms. The molecule has 0 bridgehead atoms. The molecule has 1 saturated heterocycles. The topological polar surface area (TPSA) is 62.6 Å². The van der Waals surface area contributed by atoms with Crippen molar-refractivity contribution in [3.05, 3.63) is 53.9 Å². The second-order valence-electron chi connectivity index (χ2n) is 7.52. The van der Waals surface area contributed by atoms with E-state index in [1.807, 2.05) is 12.1 Å². The molecule has 1 fully saturated rings. The van der Waals surface area contributed by atoms with Crippen LogP contribution in [-0.2, 0) is 10.9 Å². The number of morpholine rings is 1. The number of fused-ring (bicyclic) bond motifs is 1. The van der Waals surface area contributed by atoms with Crippen LogP contribution in [0.25, 0.3) is 22.0 Å². The number of nitrogens with one attached hydrogen (secondary N) is 1. The zero-order valence-corrected chi connectivity index (χ0v) is 16.6. The number of pyridine rings is 2. The minimum Gasteiger partial charge on any atom is -0.378 e. The van der Waals surface area contributed by atoms with E-state index in [0.29, 0.717) is 38.3 Å². The SMILES string of the molecule is FC(F)(F)c1ccc(-c2cc(N3CCOCC3)nc3c(C4CC=NN4)nccc23)cc1. The lowest BCUT2D eigenvalue weighted by atomic mass is 9.98. The van der Waals surface area contributed by atoms with Crippen LogP contribution in [0.5, 0.6) is 0 Å². The summed E-state index contributed by atoms with van der Waals surface area (Å²) in [7, 11) is 0. The normalized spacial score (nSPS) is 19.1. The fourth-order valence-electron chi connectivity index (χ4n) is 3.97. The molecule has 1 atom stereocenters. The third kappa shape index (κ3) is 3.81. The molecule has 1 aromatic carbocycles. The van der Waals surface area contributed by atoms with Gasteiger partial charge in [-0.15, -0.1) is 0 Å². The molecule has 2 aliphatic rings. The number of aromatic nitrogens is 2. The van der Waals surface area contributed by atoms with Gasteiger partial charge in [0.05, 0.1) is 36.0 Å². The zero-order chi connectivity index (χ0) is 21.4. The smallest absolute Gasteiger partial charge is 0.378 e. The highest BCUT2D eigenvalue weighted by atomic mass is 19.4. The van der Waals surface area contributed by atoms with Crippen molar-refractivity contribution in [2.24, 2.45) is 5.10 Å². The van der Waals surface area contributed by atoms with Crippen molar-refractivity contribution < 1.29 is 17.9 Å². The Kier molecular flexibility index (Phi) is 4.97. The van der Waals surface area contributed by atoms with E-state index in [9.17, 15) is 13.2 Å². The van der Waals surface area contributed by atoms with Gasteiger partial charge < -0.3 is 15.1 Å². The number of rotatable bonds is 3. The second kappa shape index (κ2) is 7.81. The minimum atomic E-state index is -4.37. The molecule has 0 spiro atoms. The lowest BCUT2D eigenvalue weighted by molar-refractivity contribution is -0.137. The first-order valence-electron chi connectivity index (χ1n) is 10.1. The Morgan fingerprint density at radius 2 is 1.84 bits per heavy atom. The number of nitrogens with zero attached hydrogens (tertiary/aromatic N) is 4. The molecule has 0 saturated carbocycles. The summed E-state index contributed by atoms with van der Waals surface area (Å²) in [6.45, 7) is 2.61. The average molecular weight is 427 g/mol. The van der Waals surface area contributed by atoms with Crippen molar-refractivity contribution in [2.45, 2.75) is 18.6 Å². The van der Waals surface area contributed by atoms with Gasteiger partial charge in [0.2, 0.25) is 0 Å². The molecule has 5 rings (SSSR count). The molecule has 1 unspecified atom stereocenters. The fourth-order valence-corrected chi connectivity index (χ4v) is 3.97. The first-order valence-corrected chi connectivity index (χ1v) is 10.1. The molecule has 9 heteroatoms. The molecule has 0 aliphatic carbocycles. The van der Waals surface area contributed by atoms with Crippen molar-refractivity contribution in [3.63, 3.8) is 0 Å². The van der Waals surface area contributed by atoms with E-state index in [4.69, 9.17) is 9.72 Å². The van der Waals surface area contributed by atoms with Gasteiger partial charge >= 0.3 is 6.18 Å². The van der Waals surface area contributed by atoms with E-state index in [1.165, 1.54) is 12.1 Å². The molecular formula is C22H20F3N5O. The van der Waals surface area contributed by atoms with Gasteiger partial charge in [0.1, 0.15) is 5.82 Å². The summed E-state index contributed by atoms with van der Waals surface area (Å²) in [6.07, 6.45) is -0.163. The summed E-state index contributed by atoms with van der Waals surface area (Å²) < 4.78 is 44.6. The lowest BCUT2D eigenvalue weighted by Gasteiger charge is -2.29. The van der Waals surface area contributed by atoms with Gasteiger partial charge in [-0.3, -0.25) is 4.98 Å². The van der Waals surface area contributed by atoms with E-state index in [-0.39, 0.29) is 6.04 Å². The molecule has 160 valence electrons. The maximum atomic E-state index is 13.1. The predicted octanol–water partition coefficient (Wildman–Crippen LogP) is 4.17. The van der Waals surface area contributed by atoms with Crippen LogP contribution in [0.15, 0.2) is 47.7 Å². The Balaban J connectivity index is 1.67. The molecule has 4 heterocycles. The largest absolute Gasteiger partial charge is 0.416 e. The van der Waals surface area contributed by atoms with E-state index in [2.05, 4.69) is 20.4 Å². The summed E-state index contributed by atoms with van der Waals surface area (Å²) in [5, 5.41) is 4.94. The highest BCUT2D eigenvalue weighted by Gasteiger charge is 2.30. The Morgan fingerprint density at radius 1 is 1.06 bits per heavy atom. The number of hydrazone groups is 1. The third-order valence-electron chi connectivity index (χ3n) is 5.59. The van der Waals surface area contributed by atoms with Gasteiger partial charge in [0, 0.05) is 37.3 Å². The van der Waals surface area contributed by atoms with Gasteiger partial charge in [0.15, 0.2) is 0 Å². The summed E-state index contributed by atoms with van der Waals surface area (Å²) in [5.74, 6) is 0.763. The standard InChI is InChI=1S/C22H20F3N5O/c23-22(24,25)15-3-1-14(2-4-15)17-13-19(30-9-11-31-12-10-30)28-20-16(17)5-7-26-21(20)18-6-8-27-29-18/h1-5,7-8,13,18,29H,6,9-12H2. The highest BCUT2D eigenvalue weighted by Crippen LogP contribution is 2.36. The summed E-state index contributed by atoms with van der Waals surface area (Å²) >= 11 is 0. The lowest BCUT2D eigenvalue weighted by Crippen LogP contribution is -2.36. The average Bonchev–Trinajstić information content (AvgIpc) is 3.33. The van der Waals surface area contributed by atoms with E-state index in [0.717, 1.165) is 40.1 Å². The number of benzene rings is 1. The number of anilines is 1. The zero-order valence-electron chi connectivity index (χ0n) is 16.6.